The summed E-state index contributed by atoms with van der Waals surface area (Å²) in [5.41, 5.74) is 1.14. The van der Waals surface area contributed by atoms with Crippen molar-refractivity contribution in [2.75, 3.05) is 26.2 Å². The van der Waals surface area contributed by atoms with Crippen LogP contribution in [-0.4, -0.2) is 53.3 Å². The molecule has 1 saturated heterocycles. The Labute approximate surface area is 138 Å². The van der Waals surface area contributed by atoms with Crippen LogP contribution in [0, 0.1) is 0 Å². The summed E-state index contributed by atoms with van der Waals surface area (Å²) >= 11 is 0. The molecule has 0 spiro atoms. The Morgan fingerprint density at radius 2 is 2.22 bits per heavy atom. The summed E-state index contributed by atoms with van der Waals surface area (Å²) in [6.07, 6.45) is 4.84. The Morgan fingerprint density at radius 1 is 1.39 bits per heavy atom. The number of likely N-dealkylation sites (tertiary alicyclic amines) is 1. The molecule has 1 heterocycles. The molecule has 1 amide bonds. The van der Waals surface area contributed by atoms with E-state index in [1.807, 2.05) is 13.0 Å². The number of amides is 1. The molecule has 128 valence electrons. The third kappa shape index (κ3) is 4.69. The number of aliphatic hydroxyl groups excluding tert-OH is 1. The van der Waals surface area contributed by atoms with E-state index < -0.39 is 0 Å². The van der Waals surface area contributed by atoms with E-state index in [-0.39, 0.29) is 18.3 Å². The SMILES string of the molecule is CCc1cccc(C(=O)NCCCCN2CCCC2CO)c1O. The number of phenols is 1. The molecular weight excluding hydrogens is 292 g/mol. The highest BCUT2D eigenvalue weighted by molar-refractivity contribution is 5.97. The predicted octanol–water partition coefficient (Wildman–Crippen LogP) is 1.92. The van der Waals surface area contributed by atoms with Gasteiger partial charge in [-0.25, -0.2) is 0 Å². The van der Waals surface area contributed by atoms with Crippen LogP contribution in [0.25, 0.3) is 0 Å². The van der Waals surface area contributed by atoms with E-state index in [1.165, 1.54) is 0 Å². The number of para-hydroxylation sites is 1. The maximum absolute atomic E-state index is 12.1. The fourth-order valence-electron chi connectivity index (χ4n) is 3.19. The molecule has 0 saturated carbocycles. The molecule has 0 aliphatic carbocycles. The zero-order valence-corrected chi connectivity index (χ0v) is 13.9. The van der Waals surface area contributed by atoms with Gasteiger partial charge in [-0.2, -0.15) is 0 Å². The quantitative estimate of drug-likeness (QED) is 0.640. The van der Waals surface area contributed by atoms with Crippen molar-refractivity contribution in [3.8, 4) is 5.75 Å². The summed E-state index contributed by atoms with van der Waals surface area (Å²) in [5, 5.41) is 22.2. The van der Waals surface area contributed by atoms with Crippen LogP contribution in [-0.2, 0) is 6.42 Å². The van der Waals surface area contributed by atoms with Crippen molar-refractivity contribution < 1.29 is 15.0 Å². The second-order valence-corrected chi connectivity index (χ2v) is 6.14. The van der Waals surface area contributed by atoms with Gasteiger partial charge in [0, 0.05) is 12.6 Å². The summed E-state index contributed by atoms with van der Waals surface area (Å²) in [5.74, 6) is -0.123. The fourth-order valence-corrected chi connectivity index (χ4v) is 3.19. The molecule has 5 nitrogen and oxygen atoms in total. The summed E-state index contributed by atoms with van der Waals surface area (Å²) in [7, 11) is 0. The molecule has 3 N–H and O–H groups in total. The largest absolute Gasteiger partial charge is 0.507 e. The van der Waals surface area contributed by atoms with Crippen LogP contribution in [0.5, 0.6) is 5.75 Å². The molecule has 1 atom stereocenters. The Kier molecular flexibility index (Phi) is 6.86. The molecule has 1 aliphatic heterocycles. The molecule has 1 aromatic rings. The van der Waals surface area contributed by atoms with E-state index in [4.69, 9.17) is 0 Å². The first-order valence-electron chi connectivity index (χ1n) is 8.61. The van der Waals surface area contributed by atoms with E-state index in [9.17, 15) is 15.0 Å². The first-order chi connectivity index (χ1) is 11.2. The number of phenolic OH excluding ortho intramolecular Hbond substituents is 1. The number of benzene rings is 1. The normalized spacial score (nSPS) is 18.3. The van der Waals surface area contributed by atoms with Crippen molar-refractivity contribution >= 4 is 5.91 Å². The number of hydrogen-bond donors (Lipinski definition) is 3. The summed E-state index contributed by atoms with van der Waals surface area (Å²) < 4.78 is 0. The minimum Gasteiger partial charge on any atom is -0.507 e. The molecule has 0 radical (unpaired) electrons. The lowest BCUT2D eigenvalue weighted by Gasteiger charge is -2.22. The van der Waals surface area contributed by atoms with Gasteiger partial charge in [0.2, 0.25) is 0 Å². The van der Waals surface area contributed by atoms with Crippen LogP contribution in [0.4, 0.5) is 0 Å². The number of nitrogens with zero attached hydrogens (tertiary/aromatic N) is 1. The second-order valence-electron chi connectivity index (χ2n) is 6.14. The minimum absolute atomic E-state index is 0.0929. The molecule has 1 aliphatic rings. The van der Waals surface area contributed by atoms with E-state index in [0.717, 1.165) is 44.3 Å². The first-order valence-corrected chi connectivity index (χ1v) is 8.61. The van der Waals surface area contributed by atoms with Gasteiger partial charge in [0.1, 0.15) is 5.75 Å². The number of aliphatic hydroxyl groups is 1. The Balaban J connectivity index is 1.71. The highest BCUT2D eigenvalue weighted by Crippen LogP contribution is 2.22. The van der Waals surface area contributed by atoms with Crippen LogP contribution in [0.15, 0.2) is 18.2 Å². The summed E-state index contributed by atoms with van der Waals surface area (Å²) in [6.45, 7) is 4.83. The van der Waals surface area contributed by atoms with Crippen molar-refractivity contribution in [1.29, 1.82) is 0 Å². The Bertz CT molecular complexity index is 519. The van der Waals surface area contributed by atoms with Gasteiger partial charge >= 0.3 is 0 Å². The van der Waals surface area contributed by atoms with E-state index in [2.05, 4.69) is 10.2 Å². The standard InChI is InChI=1S/C18H28N2O3/c1-2-14-7-5-9-16(17(14)22)18(23)19-10-3-4-11-20-12-6-8-15(20)13-21/h5,7,9,15,21-22H,2-4,6,8,10-13H2,1H3,(H,19,23). The highest BCUT2D eigenvalue weighted by atomic mass is 16.3. The van der Waals surface area contributed by atoms with Crippen LogP contribution in [0.2, 0.25) is 0 Å². The summed E-state index contributed by atoms with van der Waals surface area (Å²) in [6, 6.07) is 5.61. The lowest BCUT2D eigenvalue weighted by atomic mass is 10.1. The topological polar surface area (TPSA) is 72.8 Å². The number of aromatic hydroxyl groups is 1. The molecule has 1 fully saturated rings. The number of nitrogens with one attached hydrogen (secondary N) is 1. The molecule has 23 heavy (non-hydrogen) atoms. The lowest BCUT2D eigenvalue weighted by molar-refractivity contribution is 0.0949. The number of carbonyl (C=O) groups is 1. The van der Waals surface area contributed by atoms with Gasteiger partial charge in [-0.3, -0.25) is 9.69 Å². The zero-order chi connectivity index (χ0) is 16.7. The van der Waals surface area contributed by atoms with Gasteiger partial charge in [-0.1, -0.05) is 19.1 Å². The predicted molar refractivity (Wildman–Crippen MR) is 90.7 cm³/mol. The van der Waals surface area contributed by atoms with Crippen molar-refractivity contribution in [3.05, 3.63) is 29.3 Å². The van der Waals surface area contributed by atoms with Crippen LogP contribution < -0.4 is 5.32 Å². The zero-order valence-electron chi connectivity index (χ0n) is 13.9. The van der Waals surface area contributed by atoms with Crippen molar-refractivity contribution in [1.82, 2.24) is 10.2 Å². The second kappa shape index (κ2) is 8.89. The molecule has 5 heteroatoms. The van der Waals surface area contributed by atoms with E-state index >= 15 is 0 Å². The van der Waals surface area contributed by atoms with Gasteiger partial charge in [0.05, 0.1) is 12.2 Å². The number of rotatable bonds is 8. The van der Waals surface area contributed by atoms with Gasteiger partial charge in [-0.15, -0.1) is 0 Å². The third-order valence-electron chi connectivity index (χ3n) is 4.61. The monoisotopic (exact) mass is 320 g/mol. The van der Waals surface area contributed by atoms with Crippen molar-refractivity contribution in [3.63, 3.8) is 0 Å². The maximum Gasteiger partial charge on any atom is 0.255 e. The van der Waals surface area contributed by atoms with Crippen LogP contribution in [0.1, 0.15) is 48.5 Å². The third-order valence-corrected chi connectivity index (χ3v) is 4.61. The Morgan fingerprint density at radius 3 is 2.96 bits per heavy atom. The molecule has 1 unspecified atom stereocenters. The number of unbranched alkanes of at least 4 members (excludes halogenated alkanes) is 1. The lowest BCUT2D eigenvalue weighted by Crippen LogP contribution is -2.33. The van der Waals surface area contributed by atoms with Crippen LogP contribution in [0.3, 0.4) is 0 Å². The molecule has 2 rings (SSSR count). The molecule has 0 aromatic heterocycles. The van der Waals surface area contributed by atoms with Crippen molar-refractivity contribution in [2.45, 2.75) is 45.1 Å². The van der Waals surface area contributed by atoms with Crippen LogP contribution >= 0.6 is 0 Å². The average molecular weight is 320 g/mol. The van der Waals surface area contributed by atoms with Gasteiger partial charge in [0.25, 0.3) is 5.91 Å². The number of aryl methyl sites for hydroxylation is 1. The average Bonchev–Trinajstić information content (AvgIpc) is 3.02. The van der Waals surface area contributed by atoms with Gasteiger partial charge in [0.15, 0.2) is 0 Å². The smallest absolute Gasteiger partial charge is 0.255 e. The number of carbonyl (C=O) groups excluding carboxylic acids is 1. The molecule has 0 bridgehead atoms. The summed E-state index contributed by atoms with van der Waals surface area (Å²) in [4.78, 5) is 14.5. The van der Waals surface area contributed by atoms with Gasteiger partial charge < -0.3 is 15.5 Å². The molecule has 1 aromatic carbocycles. The van der Waals surface area contributed by atoms with E-state index in [0.29, 0.717) is 24.6 Å². The first kappa shape index (κ1) is 17.8. The minimum atomic E-state index is -0.216. The maximum atomic E-state index is 12.1. The fraction of sp³-hybridized carbons (Fsp3) is 0.611. The molecular formula is C18H28N2O3. The van der Waals surface area contributed by atoms with Crippen molar-refractivity contribution in [2.24, 2.45) is 0 Å². The van der Waals surface area contributed by atoms with Gasteiger partial charge in [-0.05, 0) is 56.8 Å². The number of hydrogen-bond acceptors (Lipinski definition) is 4. The Hall–Kier alpha value is -1.59. The highest BCUT2D eigenvalue weighted by Gasteiger charge is 2.22. The van der Waals surface area contributed by atoms with E-state index in [1.54, 1.807) is 12.1 Å².